The zero-order chi connectivity index (χ0) is 24.0. The van der Waals surface area contributed by atoms with Crippen LogP contribution in [0.25, 0.3) is 0 Å². The normalized spacial score (nSPS) is 17.2. The highest BCUT2D eigenvalue weighted by Gasteiger charge is 2.43. The van der Waals surface area contributed by atoms with Crippen LogP contribution in [0.5, 0.6) is 5.75 Å². The van der Waals surface area contributed by atoms with E-state index in [-0.39, 0.29) is 18.7 Å². The number of anilines is 2. The van der Waals surface area contributed by atoms with Crippen molar-refractivity contribution in [3.8, 4) is 5.75 Å². The highest BCUT2D eigenvalue weighted by molar-refractivity contribution is 5.94. The van der Waals surface area contributed by atoms with Crippen molar-refractivity contribution in [2.45, 2.75) is 38.7 Å². The van der Waals surface area contributed by atoms with Crippen LogP contribution >= 0.6 is 0 Å². The lowest BCUT2D eigenvalue weighted by Crippen LogP contribution is -2.53. The zero-order valence-corrected chi connectivity index (χ0v) is 18.7. The Hall–Kier alpha value is -3.50. The fraction of sp³-hybridized carbons (Fsp3) is 0.455. The van der Waals surface area contributed by atoms with Gasteiger partial charge < -0.3 is 25.0 Å². The van der Waals surface area contributed by atoms with Crippen molar-refractivity contribution in [1.29, 1.82) is 0 Å². The molecular formula is C22H27F2N5O4. The summed E-state index contributed by atoms with van der Waals surface area (Å²) in [6.07, 6.45) is 0.484. The molecule has 1 aliphatic heterocycles. The third-order valence-corrected chi connectivity index (χ3v) is 5.16. The number of carbonyl (C=O) groups excluding carboxylic acids is 2. The molecule has 0 bridgehead atoms. The third-order valence-electron chi connectivity index (χ3n) is 5.16. The fourth-order valence-corrected chi connectivity index (χ4v) is 3.46. The molecule has 9 nitrogen and oxygen atoms in total. The molecule has 0 spiro atoms. The second-order valence-corrected chi connectivity index (χ2v) is 7.63. The molecule has 0 saturated carbocycles. The highest BCUT2D eigenvalue weighted by atomic mass is 19.3. The fourth-order valence-electron chi connectivity index (χ4n) is 3.46. The van der Waals surface area contributed by atoms with Gasteiger partial charge in [-0.15, -0.1) is 0 Å². The molecule has 0 aromatic carbocycles. The van der Waals surface area contributed by atoms with Crippen LogP contribution < -0.4 is 15.4 Å². The van der Waals surface area contributed by atoms with E-state index in [1.165, 1.54) is 7.05 Å². The summed E-state index contributed by atoms with van der Waals surface area (Å²) in [4.78, 5) is 34.3. The second-order valence-electron chi connectivity index (χ2n) is 7.63. The van der Waals surface area contributed by atoms with Gasteiger partial charge in [0.25, 0.3) is 11.8 Å². The Morgan fingerprint density at radius 1 is 1.27 bits per heavy atom. The van der Waals surface area contributed by atoms with E-state index in [1.54, 1.807) is 37.4 Å². The molecule has 2 aromatic heterocycles. The van der Waals surface area contributed by atoms with Crippen molar-refractivity contribution in [2.75, 3.05) is 32.1 Å². The molecule has 1 atom stereocenters. The molecule has 0 aliphatic carbocycles. The summed E-state index contributed by atoms with van der Waals surface area (Å²) in [5.74, 6) is -2.29. The standard InChI is InChI=1S/C22H27F2N5O4/c1-4-32-16-8-10-26-18(11-16)27-17-6-5-14(2)19(28-17)20(30)29-13-22(23,24)9-7-15(29)12-33-21(31)25-3/h5-6,8,10-11,15H,4,7,9,12-13H2,1-3H3,(H,25,31)(H,26,27,28)/t15-/m1/s1. The summed E-state index contributed by atoms with van der Waals surface area (Å²) in [7, 11) is 1.39. The summed E-state index contributed by atoms with van der Waals surface area (Å²) in [5.41, 5.74) is 0.560. The molecule has 3 heterocycles. The highest BCUT2D eigenvalue weighted by Crippen LogP contribution is 2.32. The quantitative estimate of drug-likeness (QED) is 0.647. The van der Waals surface area contributed by atoms with Gasteiger partial charge in [-0.3, -0.25) is 4.79 Å². The number of pyridine rings is 2. The van der Waals surface area contributed by atoms with Crippen molar-refractivity contribution in [1.82, 2.24) is 20.2 Å². The van der Waals surface area contributed by atoms with Crippen LogP contribution in [0.2, 0.25) is 0 Å². The topological polar surface area (TPSA) is 106 Å². The number of ether oxygens (including phenoxy) is 2. The number of nitrogens with one attached hydrogen (secondary N) is 2. The van der Waals surface area contributed by atoms with Gasteiger partial charge in [-0.1, -0.05) is 6.07 Å². The second kappa shape index (κ2) is 10.4. The predicted molar refractivity (Wildman–Crippen MR) is 117 cm³/mol. The summed E-state index contributed by atoms with van der Waals surface area (Å²) < 4.78 is 38.8. The van der Waals surface area contributed by atoms with E-state index in [4.69, 9.17) is 9.47 Å². The first-order chi connectivity index (χ1) is 15.7. The number of aromatic nitrogens is 2. The van der Waals surface area contributed by atoms with Crippen LogP contribution in [0.3, 0.4) is 0 Å². The number of likely N-dealkylation sites (tertiary alicyclic amines) is 1. The number of alkyl halides is 2. The van der Waals surface area contributed by atoms with Crippen molar-refractivity contribution in [2.24, 2.45) is 0 Å². The average Bonchev–Trinajstić information content (AvgIpc) is 2.79. The van der Waals surface area contributed by atoms with Crippen molar-refractivity contribution in [3.63, 3.8) is 0 Å². The van der Waals surface area contributed by atoms with Gasteiger partial charge in [-0.2, -0.15) is 0 Å². The number of carbonyl (C=O) groups is 2. The maximum Gasteiger partial charge on any atom is 0.406 e. The molecule has 3 rings (SSSR count). The van der Waals surface area contributed by atoms with Gasteiger partial charge in [0, 0.05) is 25.7 Å². The van der Waals surface area contributed by atoms with Crippen molar-refractivity contribution < 1.29 is 27.8 Å². The number of rotatable bonds is 7. The van der Waals surface area contributed by atoms with E-state index in [9.17, 15) is 18.4 Å². The number of hydrogen-bond donors (Lipinski definition) is 2. The molecule has 33 heavy (non-hydrogen) atoms. The molecule has 0 radical (unpaired) electrons. The third kappa shape index (κ3) is 6.27. The smallest absolute Gasteiger partial charge is 0.406 e. The van der Waals surface area contributed by atoms with Crippen LogP contribution in [0.15, 0.2) is 30.5 Å². The van der Waals surface area contributed by atoms with Gasteiger partial charge in [-0.05, 0) is 38.0 Å². The first kappa shape index (κ1) is 24.1. The maximum atomic E-state index is 14.2. The van der Waals surface area contributed by atoms with Gasteiger partial charge in [0.1, 0.15) is 29.7 Å². The first-order valence-electron chi connectivity index (χ1n) is 10.6. The summed E-state index contributed by atoms with van der Waals surface area (Å²) >= 11 is 0. The SMILES string of the molecule is CCOc1ccnc(Nc2ccc(C)c(C(=O)N3CC(F)(F)CC[C@@H]3COC(=O)NC)n2)c1. The molecule has 0 unspecified atom stereocenters. The monoisotopic (exact) mass is 463 g/mol. The first-order valence-corrected chi connectivity index (χ1v) is 10.6. The van der Waals surface area contributed by atoms with Crippen LogP contribution in [0, 0.1) is 6.92 Å². The van der Waals surface area contributed by atoms with E-state index in [0.29, 0.717) is 29.6 Å². The Bertz CT molecular complexity index is 1000. The van der Waals surface area contributed by atoms with E-state index in [0.717, 1.165) is 4.90 Å². The summed E-state index contributed by atoms with van der Waals surface area (Å²) in [6, 6.07) is 6.05. The summed E-state index contributed by atoms with van der Waals surface area (Å²) in [6.45, 7) is 3.08. The zero-order valence-electron chi connectivity index (χ0n) is 18.7. The minimum atomic E-state index is -3.04. The Kier molecular flexibility index (Phi) is 7.62. The Morgan fingerprint density at radius 2 is 2.06 bits per heavy atom. The molecule has 2 aromatic rings. The van der Waals surface area contributed by atoms with Crippen LogP contribution in [0.1, 0.15) is 35.8 Å². The number of alkyl carbamates (subject to hydrolysis) is 1. The minimum Gasteiger partial charge on any atom is -0.494 e. The summed E-state index contributed by atoms with van der Waals surface area (Å²) in [5, 5.41) is 5.30. The maximum absolute atomic E-state index is 14.2. The molecule has 1 fully saturated rings. The largest absolute Gasteiger partial charge is 0.494 e. The number of hydrogen-bond acceptors (Lipinski definition) is 7. The molecule has 178 valence electrons. The number of halogens is 2. The number of amides is 2. The molecule has 1 aliphatic rings. The van der Waals surface area contributed by atoms with Crippen molar-refractivity contribution >= 4 is 23.6 Å². The molecular weight excluding hydrogens is 436 g/mol. The lowest BCUT2D eigenvalue weighted by Gasteiger charge is -2.39. The predicted octanol–water partition coefficient (Wildman–Crippen LogP) is 3.52. The van der Waals surface area contributed by atoms with E-state index < -0.39 is 36.9 Å². The molecule has 11 heteroatoms. The number of aryl methyl sites for hydroxylation is 1. The van der Waals surface area contributed by atoms with E-state index in [1.807, 2.05) is 6.92 Å². The van der Waals surface area contributed by atoms with Gasteiger partial charge >= 0.3 is 6.09 Å². The van der Waals surface area contributed by atoms with Crippen LogP contribution in [-0.4, -0.2) is 65.6 Å². The van der Waals surface area contributed by atoms with E-state index in [2.05, 4.69) is 20.6 Å². The lowest BCUT2D eigenvalue weighted by molar-refractivity contribution is -0.0790. The van der Waals surface area contributed by atoms with Crippen LogP contribution in [-0.2, 0) is 4.74 Å². The van der Waals surface area contributed by atoms with Gasteiger partial charge in [0.15, 0.2) is 0 Å². The Labute approximate surface area is 190 Å². The molecule has 2 amide bonds. The van der Waals surface area contributed by atoms with Crippen molar-refractivity contribution in [3.05, 3.63) is 41.7 Å². The van der Waals surface area contributed by atoms with E-state index >= 15 is 0 Å². The van der Waals surface area contributed by atoms with Gasteiger partial charge in [0.05, 0.1) is 19.2 Å². The molecule has 1 saturated heterocycles. The lowest BCUT2D eigenvalue weighted by atomic mass is 9.98. The van der Waals surface area contributed by atoms with Gasteiger partial charge in [0.2, 0.25) is 0 Å². The van der Waals surface area contributed by atoms with Gasteiger partial charge in [-0.25, -0.2) is 23.5 Å². The number of piperidine rings is 1. The molecule has 2 N–H and O–H groups in total. The number of nitrogens with zero attached hydrogens (tertiary/aromatic N) is 3. The average molecular weight is 463 g/mol. The minimum absolute atomic E-state index is 0.000857. The Morgan fingerprint density at radius 3 is 2.79 bits per heavy atom. The van der Waals surface area contributed by atoms with Crippen LogP contribution in [0.4, 0.5) is 25.2 Å². The Balaban J connectivity index is 1.83.